The summed E-state index contributed by atoms with van der Waals surface area (Å²) in [5.41, 5.74) is 2.42. The first kappa shape index (κ1) is 14.2. The van der Waals surface area contributed by atoms with Crippen LogP contribution in [0.1, 0.15) is 16.2 Å². The second-order valence-electron chi connectivity index (χ2n) is 5.22. The zero-order valence-corrected chi connectivity index (χ0v) is 12.6. The Labute approximate surface area is 137 Å². The van der Waals surface area contributed by atoms with E-state index in [0.29, 0.717) is 17.1 Å². The van der Waals surface area contributed by atoms with Crippen LogP contribution in [-0.4, -0.2) is 20.5 Å². The summed E-state index contributed by atoms with van der Waals surface area (Å²) in [6.45, 7) is 0.0308. The molecule has 0 fully saturated rings. The predicted molar refractivity (Wildman–Crippen MR) is 86.3 cm³/mol. The molecule has 4 aromatic rings. The van der Waals surface area contributed by atoms with E-state index in [1.807, 2.05) is 54.7 Å². The smallest absolute Gasteiger partial charge is 0.358 e. The van der Waals surface area contributed by atoms with Crippen molar-refractivity contribution >= 4 is 11.6 Å². The molecule has 6 nitrogen and oxygen atoms in total. The minimum absolute atomic E-state index is 0.0308. The van der Waals surface area contributed by atoms with Crippen LogP contribution in [0.2, 0.25) is 0 Å². The van der Waals surface area contributed by atoms with E-state index in [0.717, 1.165) is 5.56 Å². The number of fused-ring (bicyclic) bond motifs is 1. The van der Waals surface area contributed by atoms with Gasteiger partial charge in [-0.05, 0) is 12.1 Å². The van der Waals surface area contributed by atoms with Gasteiger partial charge in [0.2, 0.25) is 0 Å². The third-order valence-corrected chi connectivity index (χ3v) is 3.54. The lowest BCUT2D eigenvalue weighted by Crippen LogP contribution is -2.05. The van der Waals surface area contributed by atoms with Crippen molar-refractivity contribution in [2.24, 2.45) is 0 Å². The summed E-state index contributed by atoms with van der Waals surface area (Å²) in [6.07, 6.45) is 3.46. The molecule has 0 aliphatic rings. The Bertz CT molecular complexity index is 956. The number of carbonyl (C=O) groups is 1. The van der Waals surface area contributed by atoms with Gasteiger partial charge in [0.1, 0.15) is 17.9 Å². The molecule has 1 aromatic carbocycles. The molecule has 0 N–H and O–H groups in total. The Kier molecular flexibility index (Phi) is 3.55. The second kappa shape index (κ2) is 6.00. The highest BCUT2D eigenvalue weighted by molar-refractivity contribution is 5.87. The first-order valence-electron chi connectivity index (χ1n) is 7.41. The van der Waals surface area contributed by atoms with Crippen molar-refractivity contribution < 1.29 is 14.1 Å². The first-order chi connectivity index (χ1) is 11.8. The van der Waals surface area contributed by atoms with Crippen molar-refractivity contribution in [3.63, 3.8) is 0 Å². The maximum absolute atomic E-state index is 12.1. The Morgan fingerprint density at radius 2 is 1.96 bits per heavy atom. The van der Waals surface area contributed by atoms with Crippen LogP contribution in [0.4, 0.5) is 0 Å². The summed E-state index contributed by atoms with van der Waals surface area (Å²) in [6, 6.07) is 16.9. The molecule has 0 saturated carbocycles. The molecule has 4 rings (SSSR count). The minimum atomic E-state index is -0.497. The lowest BCUT2D eigenvalue weighted by Gasteiger charge is -1.98. The van der Waals surface area contributed by atoms with Gasteiger partial charge in [-0.25, -0.2) is 9.78 Å². The number of aromatic nitrogens is 3. The monoisotopic (exact) mass is 319 g/mol. The van der Waals surface area contributed by atoms with Gasteiger partial charge in [0.25, 0.3) is 0 Å². The van der Waals surface area contributed by atoms with Crippen LogP contribution >= 0.6 is 0 Å². The highest BCUT2D eigenvalue weighted by atomic mass is 16.5. The molecule has 0 spiro atoms. The summed E-state index contributed by atoms with van der Waals surface area (Å²) in [5.74, 6) is 0.136. The molecule has 3 aromatic heterocycles. The van der Waals surface area contributed by atoms with Crippen LogP contribution in [0.25, 0.3) is 17.0 Å². The Morgan fingerprint density at radius 1 is 1.12 bits per heavy atom. The van der Waals surface area contributed by atoms with Crippen molar-refractivity contribution in [3.8, 4) is 11.3 Å². The summed E-state index contributed by atoms with van der Waals surface area (Å²) in [5, 5.41) is 3.92. The number of esters is 1. The summed E-state index contributed by atoms with van der Waals surface area (Å²) in [4.78, 5) is 16.3. The molecule has 3 heterocycles. The van der Waals surface area contributed by atoms with Gasteiger partial charge in [-0.3, -0.25) is 0 Å². The SMILES string of the molecule is O=C(OCc1cc(-c2ccccc2)on1)c1cn2ccccc2n1. The highest BCUT2D eigenvalue weighted by Gasteiger charge is 2.14. The van der Waals surface area contributed by atoms with Crippen molar-refractivity contribution in [3.05, 3.63) is 78.4 Å². The molecule has 118 valence electrons. The number of pyridine rings is 1. The number of rotatable bonds is 4. The van der Waals surface area contributed by atoms with E-state index in [1.165, 1.54) is 0 Å². The van der Waals surface area contributed by atoms with Crippen molar-refractivity contribution in [1.29, 1.82) is 0 Å². The average Bonchev–Trinajstić information content (AvgIpc) is 3.27. The van der Waals surface area contributed by atoms with E-state index in [9.17, 15) is 4.79 Å². The lowest BCUT2D eigenvalue weighted by atomic mass is 10.2. The van der Waals surface area contributed by atoms with Crippen molar-refractivity contribution in [1.82, 2.24) is 14.5 Å². The van der Waals surface area contributed by atoms with Gasteiger partial charge < -0.3 is 13.7 Å². The van der Waals surface area contributed by atoms with Crippen LogP contribution in [0.3, 0.4) is 0 Å². The lowest BCUT2D eigenvalue weighted by molar-refractivity contribution is 0.0458. The third-order valence-electron chi connectivity index (χ3n) is 3.54. The molecular formula is C18H13N3O3. The molecule has 0 amide bonds. The summed E-state index contributed by atoms with van der Waals surface area (Å²) >= 11 is 0. The van der Waals surface area contributed by atoms with E-state index >= 15 is 0 Å². The largest absolute Gasteiger partial charge is 0.454 e. The van der Waals surface area contributed by atoms with Gasteiger partial charge in [0.05, 0.1) is 0 Å². The van der Waals surface area contributed by atoms with E-state index in [4.69, 9.17) is 9.26 Å². The first-order valence-corrected chi connectivity index (χ1v) is 7.41. The molecule has 0 atom stereocenters. The fourth-order valence-corrected chi connectivity index (χ4v) is 2.36. The maximum atomic E-state index is 12.1. The molecule has 0 bridgehead atoms. The fraction of sp³-hybridized carbons (Fsp3) is 0.0556. The molecule has 0 radical (unpaired) electrons. The van der Waals surface area contributed by atoms with Crippen LogP contribution < -0.4 is 0 Å². The Hall–Kier alpha value is -3.41. The fourth-order valence-electron chi connectivity index (χ4n) is 2.36. The number of benzene rings is 1. The number of ether oxygens (including phenoxy) is 1. The molecule has 0 aliphatic carbocycles. The topological polar surface area (TPSA) is 69.6 Å². The summed E-state index contributed by atoms with van der Waals surface area (Å²) < 4.78 is 12.3. The second-order valence-corrected chi connectivity index (χ2v) is 5.22. The van der Waals surface area contributed by atoms with Crippen molar-refractivity contribution in [2.45, 2.75) is 6.61 Å². The van der Waals surface area contributed by atoms with Crippen LogP contribution in [-0.2, 0) is 11.3 Å². The number of nitrogens with zero attached hydrogens (tertiary/aromatic N) is 3. The van der Waals surface area contributed by atoms with Gasteiger partial charge >= 0.3 is 5.97 Å². The van der Waals surface area contributed by atoms with E-state index < -0.39 is 5.97 Å². The maximum Gasteiger partial charge on any atom is 0.358 e. The average molecular weight is 319 g/mol. The quantitative estimate of drug-likeness (QED) is 0.540. The zero-order valence-electron chi connectivity index (χ0n) is 12.6. The van der Waals surface area contributed by atoms with Gasteiger partial charge in [-0.2, -0.15) is 0 Å². The number of hydrogen-bond donors (Lipinski definition) is 0. The van der Waals surface area contributed by atoms with E-state index in [2.05, 4.69) is 10.1 Å². The number of carbonyl (C=O) groups excluding carboxylic acids is 1. The van der Waals surface area contributed by atoms with Crippen LogP contribution in [0.5, 0.6) is 0 Å². The molecule has 0 saturated heterocycles. The summed E-state index contributed by atoms with van der Waals surface area (Å²) in [7, 11) is 0. The normalized spacial score (nSPS) is 10.8. The number of imidazole rings is 1. The van der Waals surface area contributed by atoms with Crippen LogP contribution in [0.15, 0.2) is 71.5 Å². The van der Waals surface area contributed by atoms with Gasteiger partial charge in [-0.15, -0.1) is 0 Å². The third kappa shape index (κ3) is 2.77. The Morgan fingerprint density at radius 3 is 2.79 bits per heavy atom. The molecule has 0 aliphatic heterocycles. The van der Waals surface area contributed by atoms with Crippen LogP contribution in [0, 0.1) is 0 Å². The molecule has 6 heteroatoms. The van der Waals surface area contributed by atoms with E-state index in [1.54, 1.807) is 16.7 Å². The molecular weight excluding hydrogens is 306 g/mol. The predicted octanol–water partition coefficient (Wildman–Crippen LogP) is 3.35. The van der Waals surface area contributed by atoms with Crippen molar-refractivity contribution in [2.75, 3.05) is 0 Å². The van der Waals surface area contributed by atoms with Gasteiger partial charge in [0, 0.05) is 24.0 Å². The standard InChI is InChI=1S/C18H13N3O3/c22-18(15-11-21-9-5-4-8-17(21)19-15)23-12-14-10-16(24-20-14)13-6-2-1-3-7-13/h1-11H,12H2. The Balaban J connectivity index is 1.45. The zero-order chi connectivity index (χ0) is 16.4. The van der Waals surface area contributed by atoms with Gasteiger partial charge in [0.15, 0.2) is 11.5 Å². The van der Waals surface area contributed by atoms with E-state index in [-0.39, 0.29) is 12.3 Å². The van der Waals surface area contributed by atoms with Gasteiger partial charge in [-0.1, -0.05) is 41.6 Å². The molecule has 24 heavy (non-hydrogen) atoms. The molecule has 0 unspecified atom stereocenters. The number of hydrogen-bond acceptors (Lipinski definition) is 5. The minimum Gasteiger partial charge on any atom is -0.454 e. The highest BCUT2D eigenvalue weighted by Crippen LogP contribution is 2.20.